The highest BCUT2D eigenvalue weighted by Crippen LogP contribution is 2.41. The van der Waals surface area contributed by atoms with Crippen LogP contribution in [-0.4, -0.2) is 38.3 Å². The van der Waals surface area contributed by atoms with Crippen molar-refractivity contribution in [2.45, 2.75) is 19.4 Å². The third-order valence-corrected chi connectivity index (χ3v) is 4.85. The maximum absolute atomic E-state index is 12.7. The summed E-state index contributed by atoms with van der Waals surface area (Å²) < 4.78 is 0. The molecule has 1 heterocycles. The molecule has 1 amide bonds. The van der Waals surface area contributed by atoms with Crippen LogP contribution in [0.1, 0.15) is 30.5 Å². The lowest BCUT2D eigenvalue weighted by Gasteiger charge is -2.24. The van der Waals surface area contributed by atoms with Crippen LogP contribution in [0, 0.1) is 10.1 Å². The zero-order chi connectivity index (χ0) is 21.3. The Labute approximate surface area is 170 Å². The number of carbonyl (C=O) groups excluding carboxylic acids is 2. The molecule has 150 valence electrons. The number of rotatable bonds is 5. The number of Topliss-reactive ketones (excluding diaryl/α,β-unsaturated/α-hetero) is 1. The Balaban J connectivity index is 2.24. The molecule has 0 bridgehead atoms. The second kappa shape index (κ2) is 7.92. The fourth-order valence-electron chi connectivity index (χ4n) is 3.35. The first-order valence-corrected chi connectivity index (χ1v) is 9.15. The van der Waals surface area contributed by atoms with Gasteiger partial charge in [-0.3, -0.25) is 19.7 Å². The highest BCUT2D eigenvalue weighted by Gasteiger charge is 2.46. The Morgan fingerprint density at radius 3 is 2.59 bits per heavy atom. The second-order valence-electron chi connectivity index (χ2n) is 6.51. The van der Waals surface area contributed by atoms with E-state index in [9.17, 15) is 29.9 Å². The molecule has 1 atom stereocenters. The van der Waals surface area contributed by atoms with Gasteiger partial charge < -0.3 is 15.1 Å². The molecule has 0 aromatic heterocycles. The lowest BCUT2D eigenvalue weighted by Crippen LogP contribution is -2.30. The Kier molecular flexibility index (Phi) is 5.56. The molecule has 1 aliphatic rings. The van der Waals surface area contributed by atoms with E-state index >= 15 is 0 Å². The van der Waals surface area contributed by atoms with Gasteiger partial charge in [-0.1, -0.05) is 36.7 Å². The number of carbonyl (C=O) groups is 2. The van der Waals surface area contributed by atoms with Crippen LogP contribution in [-0.2, 0) is 9.59 Å². The lowest BCUT2D eigenvalue weighted by atomic mass is 9.94. The average Bonchev–Trinajstić information content (AvgIpc) is 2.93. The molecule has 0 spiro atoms. The van der Waals surface area contributed by atoms with E-state index in [4.69, 9.17) is 11.6 Å². The van der Waals surface area contributed by atoms with Crippen molar-refractivity contribution >= 4 is 34.7 Å². The molecule has 29 heavy (non-hydrogen) atoms. The number of ketones is 1. The minimum atomic E-state index is -1.03. The number of hydrogen-bond donors (Lipinski definition) is 2. The first kappa shape index (κ1) is 20.3. The van der Waals surface area contributed by atoms with Crippen LogP contribution >= 0.6 is 11.6 Å². The summed E-state index contributed by atoms with van der Waals surface area (Å²) in [5, 5.41) is 32.1. The van der Waals surface area contributed by atoms with Crippen molar-refractivity contribution < 1.29 is 24.7 Å². The topological polar surface area (TPSA) is 121 Å². The molecule has 9 heteroatoms. The van der Waals surface area contributed by atoms with Gasteiger partial charge in [0.05, 0.1) is 16.5 Å². The molecule has 1 aliphatic heterocycles. The average molecular weight is 417 g/mol. The van der Waals surface area contributed by atoms with E-state index in [2.05, 4.69) is 0 Å². The number of phenolic OH excluding ortho intramolecular Hbond substituents is 1. The molecule has 2 aromatic carbocycles. The van der Waals surface area contributed by atoms with Gasteiger partial charge >= 0.3 is 5.69 Å². The number of likely N-dealkylation sites (tertiary alicyclic amines) is 1. The second-order valence-corrected chi connectivity index (χ2v) is 6.94. The van der Waals surface area contributed by atoms with Gasteiger partial charge in [-0.25, -0.2) is 0 Å². The van der Waals surface area contributed by atoms with Crippen molar-refractivity contribution in [2.24, 2.45) is 0 Å². The van der Waals surface area contributed by atoms with Crippen molar-refractivity contribution in [3.05, 3.63) is 74.3 Å². The summed E-state index contributed by atoms with van der Waals surface area (Å²) in [6.07, 6.45) is 0.529. The van der Waals surface area contributed by atoms with Crippen molar-refractivity contribution in [2.75, 3.05) is 6.54 Å². The fraction of sp³-hybridized carbons (Fsp3) is 0.200. The van der Waals surface area contributed by atoms with Crippen LogP contribution in [0.3, 0.4) is 0 Å². The number of hydrogen-bond acceptors (Lipinski definition) is 6. The van der Waals surface area contributed by atoms with Gasteiger partial charge in [0.2, 0.25) is 0 Å². The minimum Gasteiger partial charge on any atom is -0.507 e. The monoisotopic (exact) mass is 416 g/mol. The Morgan fingerprint density at radius 1 is 1.24 bits per heavy atom. The molecule has 0 saturated carbocycles. The number of halogens is 1. The number of benzene rings is 2. The van der Waals surface area contributed by atoms with E-state index in [0.717, 1.165) is 12.1 Å². The molecule has 2 aromatic rings. The molecule has 2 N–H and O–H groups in total. The normalized spacial score (nSPS) is 18.3. The van der Waals surface area contributed by atoms with Gasteiger partial charge in [-0.15, -0.1) is 0 Å². The van der Waals surface area contributed by atoms with E-state index < -0.39 is 39.9 Å². The summed E-state index contributed by atoms with van der Waals surface area (Å²) in [5.74, 6) is -2.67. The molecule has 3 rings (SSSR count). The first-order valence-electron chi connectivity index (χ1n) is 8.78. The van der Waals surface area contributed by atoms with Crippen LogP contribution in [0.15, 0.2) is 48.0 Å². The zero-order valence-corrected chi connectivity index (χ0v) is 16.1. The number of aliphatic hydroxyl groups excluding tert-OH is 1. The summed E-state index contributed by atoms with van der Waals surface area (Å²) in [5.41, 5.74) is -0.283. The number of phenols is 1. The molecule has 0 aliphatic carbocycles. The Bertz CT molecular complexity index is 1050. The van der Waals surface area contributed by atoms with Crippen molar-refractivity contribution in [3.63, 3.8) is 0 Å². The molecular weight excluding hydrogens is 400 g/mol. The predicted molar refractivity (Wildman–Crippen MR) is 106 cm³/mol. The number of nitro benzene ring substituents is 1. The van der Waals surface area contributed by atoms with Gasteiger partial charge in [0, 0.05) is 23.2 Å². The van der Waals surface area contributed by atoms with Crippen LogP contribution in [0.5, 0.6) is 5.75 Å². The number of aromatic hydroxyl groups is 1. The van der Waals surface area contributed by atoms with Gasteiger partial charge in [0.15, 0.2) is 5.75 Å². The molecule has 0 radical (unpaired) electrons. The molecule has 8 nitrogen and oxygen atoms in total. The Hall–Kier alpha value is -3.39. The van der Waals surface area contributed by atoms with Crippen LogP contribution in [0.2, 0.25) is 5.02 Å². The summed E-state index contributed by atoms with van der Waals surface area (Å²) in [7, 11) is 0. The van der Waals surface area contributed by atoms with Crippen molar-refractivity contribution in [1.82, 2.24) is 4.90 Å². The number of nitro groups is 1. The van der Waals surface area contributed by atoms with E-state index in [1.54, 1.807) is 12.1 Å². The number of nitrogens with zero attached hydrogens (tertiary/aromatic N) is 2. The van der Waals surface area contributed by atoms with Crippen molar-refractivity contribution in [1.29, 1.82) is 0 Å². The quantitative estimate of drug-likeness (QED) is 0.251. The molecule has 1 fully saturated rings. The molecule has 1 saturated heterocycles. The third-order valence-electron chi connectivity index (χ3n) is 4.61. The van der Waals surface area contributed by atoms with Gasteiger partial charge in [0.1, 0.15) is 5.76 Å². The maximum atomic E-state index is 12.7. The summed E-state index contributed by atoms with van der Waals surface area (Å²) >= 11 is 5.97. The highest BCUT2D eigenvalue weighted by atomic mass is 35.5. The summed E-state index contributed by atoms with van der Waals surface area (Å²) in [4.78, 5) is 37.1. The molecule has 1 unspecified atom stereocenters. The smallest absolute Gasteiger partial charge is 0.311 e. The SMILES string of the molecule is CCCN1C(=O)C(=O)/C(=C(\O)c2cccc(Cl)c2)C1c1ccc(O)c([N+](=O)[O-])c1. The largest absolute Gasteiger partial charge is 0.507 e. The summed E-state index contributed by atoms with van der Waals surface area (Å²) in [6, 6.07) is 8.72. The van der Waals surface area contributed by atoms with Gasteiger partial charge in [-0.2, -0.15) is 0 Å². The van der Waals surface area contributed by atoms with E-state index in [-0.39, 0.29) is 23.2 Å². The first-order chi connectivity index (χ1) is 13.8. The van der Waals surface area contributed by atoms with Crippen LogP contribution in [0.25, 0.3) is 5.76 Å². The lowest BCUT2D eigenvalue weighted by molar-refractivity contribution is -0.385. The van der Waals surface area contributed by atoms with Crippen molar-refractivity contribution in [3.8, 4) is 5.75 Å². The Morgan fingerprint density at radius 2 is 1.97 bits per heavy atom. The number of aliphatic hydroxyl groups is 1. The zero-order valence-electron chi connectivity index (χ0n) is 15.3. The minimum absolute atomic E-state index is 0.189. The van der Waals surface area contributed by atoms with Crippen LogP contribution in [0.4, 0.5) is 5.69 Å². The maximum Gasteiger partial charge on any atom is 0.311 e. The van der Waals surface area contributed by atoms with E-state index in [1.807, 2.05) is 6.92 Å². The fourth-order valence-corrected chi connectivity index (χ4v) is 3.54. The van der Waals surface area contributed by atoms with Gasteiger partial charge in [0.25, 0.3) is 11.7 Å². The molecular formula is C20H17ClN2O6. The predicted octanol–water partition coefficient (Wildman–Crippen LogP) is 3.79. The highest BCUT2D eigenvalue weighted by molar-refractivity contribution is 6.46. The van der Waals surface area contributed by atoms with Gasteiger partial charge in [-0.05, 0) is 30.2 Å². The van der Waals surface area contributed by atoms with E-state index in [0.29, 0.717) is 11.4 Å². The third kappa shape index (κ3) is 3.66. The number of amides is 1. The summed E-state index contributed by atoms with van der Waals surface area (Å²) in [6.45, 7) is 2.02. The van der Waals surface area contributed by atoms with E-state index in [1.165, 1.54) is 23.1 Å². The standard InChI is InChI=1S/C20H17ClN2O6/c1-2-8-22-17(11-6-7-15(24)14(10-11)23(28)29)16(19(26)20(22)27)18(25)12-4-3-5-13(21)9-12/h3-7,9-10,17,24-25H,2,8H2,1H3/b18-16-. The van der Waals surface area contributed by atoms with Crippen LogP contribution < -0.4 is 0 Å².